The molecule has 6 heteroatoms. The SMILES string of the molecule is CC(C)(O)[C@H](O)COCc1c2ccoc2cc2oc(=O)ccc12. The van der Waals surface area contributed by atoms with Gasteiger partial charge in [-0.05, 0) is 31.5 Å². The van der Waals surface area contributed by atoms with E-state index in [1.54, 1.807) is 18.4 Å². The Morgan fingerprint density at radius 3 is 2.70 bits per heavy atom. The van der Waals surface area contributed by atoms with E-state index in [1.807, 2.05) is 6.07 Å². The predicted octanol–water partition coefficient (Wildman–Crippen LogP) is 2.19. The molecule has 0 aliphatic heterocycles. The highest BCUT2D eigenvalue weighted by molar-refractivity contribution is 5.97. The van der Waals surface area contributed by atoms with Gasteiger partial charge < -0.3 is 23.8 Å². The third kappa shape index (κ3) is 3.14. The van der Waals surface area contributed by atoms with Gasteiger partial charge in [-0.15, -0.1) is 0 Å². The molecule has 1 atom stereocenters. The molecule has 0 unspecified atom stereocenters. The van der Waals surface area contributed by atoms with E-state index in [0.717, 1.165) is 16.3 Å². The van der Waals surface area contributed by atoms with E-state index in [0.29, 0.717) is 11.2 Å². The van der Waals surface area contributed by atoms with Gasteiger partial charge in [-0.25, -0.2) is 4.79 Å². The second kappa shape index (κ2) is 5.81. The van der Waals surface area contributed by atoms with Crippen molar-refractivity contribution in [2.24, 2.45) is 0 Å². The van der Waals surface area contributed by atoms with Crippen molar-refractivity contribution < 1.29 is 23.8 Å². The zero-order chi connectivity index (χ0) is 16.6. The van der Waals surface area contributed by atoms with Crippen LogP contribution in [0.1, 0.15) is 19.4 Å². The van der Waals surface area contributed by atoms with Crippen molar-refractivity contribution in [1.82, 2.24) is 0 Å². The Labute approximate surface area is 131 Å². The van der Waals surface area contributed by atoms with Crippen LogP contribution >= 0.6 is 0 Å². The Morgan fingerprint density at radius 2 is 1.96 bits per heavy atom. The summed E-state index contributed by atoms with van der Waals surface area (Å²) in [5.41, 5.74) is 0.136. The monoisotopic (exact) mass is 318 g/mol. The Hall–Kier alpha value is -2.15. The van der Waals surface area contributed by atoms with Crippen LogP contribution in [0, 0.1) is 0 Å². The van der Waals surface area contributed by atoms with E-state index < -0.39 is 17.3 Å². The number of furan rings is 1. The maximum Gasteiger partial charge on any atom is 0.336 e. The summed E-state index contributed by atoms with van der Waals surface area (Å²) in [6.45, 7) is 3.20. The highest BCUT2D eigenvalue weighted by Gasteiger charge is 2.24. The molecule has 6 nitrogen and oxygen atoms in total. The largest absolute Gasteiger partial charge is 0.464 e. The van der Waals surface area contributed by atoms with Gasteiger partial charge >= 0.3 is 5.63 Å². The van der Waals surface area contributed by atoms with Gasteiger partial charge in [0.2, 0.25) is 0 Å². The van der Waals surface area contributed by atoms with Crippen LogP contribution in [0.3, 0.4) is 0 Å². The number of aliphatic hydroxyl groups is 2. The molecule has 0 aliphatic rings. The highest BCUT2D eigenvalue weighted by atomic mass is 16.5. The molecule has 122 valence electrons. The minimum absolute atomic E-state index is 0.0178. The van der Waals surface area contributed by atoms with Crippen molar-refractivity contribution in [3.8, 4) is 0 Å². The molecule has 2 aromatic heterocycles. The fraction of sp³-hybridized carbons (Fsp3) is 0.353. The summed E-state index contributed by atoms with van der Waals surface area (Å²) >= 11 is 0. The van der Waals surface area contributed by atoms with Crippen molar-refractivity contribution in [2.75, 3.05) is 6.61 Å². The number of fused-ring (bicyclic) bond motifs is 2. The maximum atomic E-state index is 11.4. The predicted molar refractivity (Wildman–Crippen MR) is 84.2 cm³/mol. The van der Waals surface area contributed by atoms with Crippen LogP contribution < -0.4 is 5.63 Å². The van der Waals surface area contributed by atoms with Crippen molar-refractivity contribution >= 4 is 21.9 Å². The second-order valence-corrected chi connectivity index (χ2v) is 6.04. The molecular weight excluding hydrogens is 300 g/mol. The van der Waals surface area contributed by atoms with Gasteiger partial charge in [0.1, 0.15) is 17.3 Å². The summed E-state index contributed by atoms with van der Waals surface area (Å²) in [4.78, 5) is 11.4. The summed E-state index contributed by atoms with van der Waals surface area (Å²) in [6.07, 6.45) is 0.548. The lowest BCUT2D eigenvalue weighted by Crippen LogP contribution is -2.39. The number of hydrogen-bond acceptors (Lipinski definition) is 6. The molecule has 0 saturated carbocycles. The van der Waals surface area contributed by atoms with Crippen molar-refractivity contribution in [3.05, 3.63) is 46.5 Å². The first-order valence-electron chi connectivity index (χ1n) is 7.27. The highest BCUT2D eigenvalue weighted by Crippen LogP contribution is 2.29. The minimum atomic E-state index is -1.24. The van der Waals surface area contributed by atoms with E-state index in [4.69, 9.17) is 13.6 Å². The lowest BCUT2D eigenvalue weighted by Gasteiger charge is -2.24. The van der Waals surface area contributed by atoms with Gasteiger partial charge in [0.05, 0.1) is 25.1 Å². The first-order valence-corrected chi connectivity index (χ1v) is 7.27. The second-order valence-electron chi connectivity index (χ2n) is 6.04. The van der Waals surface area contributed by atoms with E-state index in [1.165, 1.54) is 19.9 Å². The first kappa shape index (κ1) is 15.7. The topological polar surface area (TPSA) is 93.0 Å². The molecule has 2 N–H and O–H groups in total. The normalized spacial score (nSPS) is 13.7. The van der Waals surface area contributed by atoms with Crippen LogP contribution in [0.4, 0.5) is 0 Å². The number of rotatable bonds is 5. The van der Waals surface area contributed by atoms with E-state index in [9.17, 15) is 15.0 Å². The van der Waals surface area contributed by atoms with E-state index in [2.05, 4.69) is 0 Å². The summed E-state index contributed by atoms with van der Waals surface area (Å²) in [5, 5.41) is 21.2. The molecule has 3 rings (SSSR count). The van der Waals surface area contributed by atoms with Crippen LogP contribution in [-0.4, -0.2) is 28.5 Å². The third-order valence-corrected chi connectivity index (χ3v) is 3.81. The molecule has 2 heterocycles. The molecule has 0 amide bonds. The van der Waals surface area contributed by atoms with Crippen molar-refractivity contribution in [3.63, 3.8) is 0 Å². The van der Waals surface area contributed by atoms with E-state index in [-0.39, 0.29) is 13.2 Å². The number of hydrogen-bond donors (Lipinski definition) is 2. The van der Waals surface area contributed by atoms with Gasteiger partial charge in [-0.2, -0.15) is 0 Å². The molecule has 0 saturated heterocycles. The molecule has 0 spiro atoms. The zero-order valence-electron chi connectivity index (χ0n) is 12.9. The first-order chi connectivity index (χ1) is 10.9. The lowest BCUT2D eigenvalue weighted by molar-refractivity contribution is -0.0883. The maximum absolute atomic E-state index is 11.4. The molecule has 0 bridgehead atoms. The number of aliphatic hydroxyl groups excluding tert-OH is 1. The summed E-state index contributed by atoms with van der Waals surface area (Å²) in [6, 6.07) is 6.51. The van der Waals surface area contributed by atoms with Gasteiger partial charge in [0.25, 0.3) is 0 Å². The fourth-order valence-electron chi connectivity index (χ4n) is 2.37. The summed E-state index contributed by atoms with van der Waals surface area (Å²) in [7, 11) is 0. The number of benzene rings is 1. The lowest BCUT2D eigenvalue weighted by atomic mass is 10.0. The van der Waals surface area contributed by atoms with Crippen LogP contribution in [0.25, 0.3) is 21.9 Å². The van der Waals surface area contributed by atoms with Crippen LogP contribution in [-0.2, 0) is 11.3 Å². The van der Waals surface area contributed by atoms with Gasteiger partial charge in [-0.3, -0.25) is 0 Å². The van der Waals surface area contributed by atoms with Crippen LogP contribution in [0.15, 0.2) is 44.2 Å². The van der Waals surface area contributed by atoms with Gasteiger partial charge in [-0.1, -0.05) is 0 Å². The van der Waals surface area contributed by atoms with Crippen LogP contribution in [0.2, 0.25) is 0 Å². The Bertz CT molecular complexity index is 883. The molecule has 1 aromatic carbocycles. The Balaban J connectivity index is 1.94. The molecule has 0 fully saturated rings. The molecule has 0 radical (unpaired) electrons. The van der Waals surface area contributed by atoms with Gasteiger partial charge in [0.15, 0.2) is 0 Å². The van der Waals surface area contributed by atoms with Crippen molar-refractivity contribution in [2.45, 2.75) is 32.2 Å². The average molecular weight is 318 g/mol. The zero-order valence-corrected chi connectivity index (χ0v) is 12.9. The van der Waals surface area contributed by atoms with Gasteiger partial charge in [0, 0.05) is 22.9 Å². The number of ether oxygens (including phenoxy) is 1. The molecule has 23 heavy (non-hydrogen) atoms. The standard InChI is InChI=1S/C17H18O6/c1-17(2,20)15(18)9-21-8-12-10-3-4-16(19)23-14(10)7-13-11(12)5-6-22-13/h3-7,15,18,20H,8-9H2,1-2H3/t15-/m1/s1. The minimum Gasteiger partial charge on any atom is -0.464 e. The van der Waals surface area contributed by atoms with Crippen LogP contribution in [0.5, 0.6) is 0 Å². The molecule has 3 aromatic rings. The molecule has 0 aliphatic carbocycles. The average Bonchev–Trinajstić information content (AvgIpc) is 2.93. The Morgan fingerprint density at radius 1 is 1.22 bits per heavy atom. The molecular formula is C17H18O6. The van der Waals surface area contributed by atoms with E-state index >= 15 is 0 Å². The fourth-order valence-corrected chi connectivity index (χ4v) is 2.37. The quantitative estimate of drug-likeness (QED) is 0.701. The van der Waals surface area contributed by atoms with Crippen molar-refractivity contribution in [1.29, 1.82) is 0 Å². The Kier molecular flexibility index (Phi) is 3.97. The summed E-state index contributed by atoms with van der Waals surface area (Å²) < 4.78 is 16.1. The summed E-state index contributed by atoms with van der Waals surface area (Å²) in [5.74, 6) is 0. The smallest absolute Gasteiger partial charge is 0.336 e. The third-order valence-electron chi connectivity index (χ3n) is 3.81.